The van der Waals surface area contributed by atoms with E-state index >= 15 is 0 Å². The summed E-state index contributed by atoms with van der Waals surface area (Å²) in [5.41, 5.74) is 1.35. The summed E-state index contributed by atoms with van der Waals surface area (Å²) in [7, 11) is 0. The Hall–Kier alpha value is -2.67. The first kappa shape index (κ1) is 12.1. The summed E-state index contributed by atoms with van der Waals surface area (Å²) >= 11 is 0. The van der Waals surface area contributed by atoms with Gasteiger partial charge in [-0.1, -0.05) is 18.2 Å². The molecule has 2 aromatic heterocycles. The topological polar surface area (TPSA) is 87.6 Å². The third-order valence-electron chi connectivity index (χ3n) is 3.59. The minimum Gasteiger partial charge on any atom is -0.338 e. The minimum atomic E-state index is -0.0521. The molecule has 3 heterocycles. The standard InChI is InChI=1S/C14H14N6O/c21-14-11-12(16-9-4-2-1-3-5-9)18-19-13(11)17-10-8-15-6-7-20(10)14/h1-5,15H,6-8H2,(H2,16,18,19). The first-order valence-electron chi connectivity index (χ1n) is 6.83. The largest absolute Gasteiger partial charge is 0.338 e. The predicted octanol–water partition coefficient (Wildman–Crippen LogP) is 0.966. The van der Waals surface area contributed by atoms with Gasteiger partial charge in [0.1, 0.15) is 11.2 Å². The SMILES string of the molecule is O=c1c2c(Nc3ccccc3)n[nH]c2nc2n1CCNC2. The van der Waals surface area contributed by atoms with Gasteiger partial charge < -0.3 is 10.6 Å². The van der Waals surface area contributed by atoms with Crippen molar-refractivity contribution in [3.05, 3.63) is 46.5 Å². The van der Waals surface area contributed by atoms with E-state index in [9.17, 15) is 4.79 Å². The van der Waals surface area contributed by atoms with E-state index in [2.05, 4.69) is 25.8 Å². The van der Waals surface area contributed by atoms with E-state index in [1.807, 2.05) is 30.3 Å². The lowest BCUT2D eigenvalue weighted by molar-refractivity contribution is 0.486. The quantitative estimate of drug-likeness (QED) is 0.652. The number of nitrogens with zero attached hydrogens (tertiary/aromatic N) is 3. The van der Waals surface area contributed by atoms with Crippen LogP contribution in [0.25, 0.3) is 11.0 Å². The zero-order valence-corrected chi connectivity index (χ0v) is 11.3. The molecule has 106 valence electrons. The van der Waals surface area contributed by atoms with Crippen LogP contribution in [0, 0.1) is 0 Å². The minimum absolute atomic E-state index is 0.0521. The smallest absolute Gasteiger partial charge is 0.266 e. The van der Waals surface area contributed by atoms with E-state index in [0.717, 1.165) is 18.1 Å². The van der Waals surface area contributed by atoms with Gasteiger partial charge >= 0.3 is 0 Å². The zero-order chi connectivity index (χ0) is 14.2. The van der Waals surface area contributed by atoms with Gasteiger partial charge in [-0.05, 0) is 12.1 Å². The maximum Gasteiger partial charge on any atom is 0.266 e. The Bertz CT molecular complexity index is 851. The molecule has 0 amide bonds. The van der Waals surface area contributed by atoms with E-state index < -0.39 is 0 Å². The summed E-state index contributed by atoms with van der Waals surface area (Å²) in [4.78, 5) is 17.1. The van der Waals surface area contributed by atoms with Crippen molar-refractivity contribution < 1.29 is 0 Å². The lowest BCUT2D eigenvalue weighted by Gasteiger charge is -2.17. The van der Waals surface area contributed by atoms with Gasteiger partial charge in [-0.15, -0.1) is 0 Å². The van der Waals surface area contributed by atoms with Crippen molar-refractivity contribution in [2.45, 2.75) is 13.1 Å². The van der Waals surface area contributed by atoms with Gasteiger partial charge in [0, 0.05) is 18.8 Å². The Labute approximate surface area is 120 Å². The van der Waals surface area contributed by atoms with Crippen LogP contribution in [-0.4, -0.2) is 26.3 Å². The number of para-hydroxylation sites is 1. The molecular formula is C14H14N6O. The van der Waals surface area contributed by atoms with Crippen LogP contribution in [0.3, 0.4) is 0 Å². The highest BCUT2D eigenvalue weighted by molar-refractivity contribution is 5.88. The van der Waals surface area contributed by atoms with Crippen molar-refractivity contribution in [1.29, 1.82) is 0 Å². The number of aromatic nitrogens is 4. The molecule has 3 N–H and O–H groups in total. The predicted molar refractivity (Wildman–Crippen MR) is 79.6 cm³/mol. The van der Waals surface area contributed by atoms with Gasteiger partial charge in [-0.25, -0.2) is 4.98 Å². The molecule has 4 rings (SSSR count). The molecule has 7 nitrogen and oxygen atoms in total. The number of fused-ring (bicyclic) bond motifs is 2. The number of hydrogen-bond donors (Lipinski definition) is 3. The molecule has 0 saturated heterocycles. The fourth-order valence-corrected chi connectivity index (χ4v) is 2.56. The van der Waals surface area contributed by atoms with Gasteiger partial charge in [-0.3, -0.25) is 14.5 Å². The maximum absolute atomic E-state index is 12.6. The number of nitrogens with one attached hydrogen (secondary N) is 3. The Morgan fingerprint density at radius 1 is 1.24 bits per heavy atom. The maximum atomic E-state index is 12.6. The number of H-pyrrole nitrogens is 1. The van der Waals surface area contributed by atoms with Crippen molar-refractivity contribution >= 4 is 22.5 Å². The molecule has 0 unspecified atom stereocenters. The highest BCUT2D eigenvalue weighted by Gasteiger charge is 2.18. The zero-order valence-electron chi connectivity index (χ0n) is 11.3. The van der Waals surface area contributed by atoms with Gasteiger partial charge in [0.2, 0.25) is 0 Å². The molecule has 3 aromatic rings. The van der Waals surface area contributed by atoms with Gasteiger partial charge in [0.15, 0.2) is 11.5 Å². The average Bonchev–Trinajstić information content (AvgIpc) is 2.92. The van der Waals surface area contributed by atoms with Crippen LogP contribution in [0.1, 0.15) is 5.82 Å². The monoisotopic (exact) mass is 282 g/mol. The van der Waals surface area contributed by atoms with E-state index in [0.29, 0.717) is 29.9 Å². The second-order valence-electron chi connectivity index (χ2n) is 4.95. The van der Waals surface area contributed by atoms with Crippen LogP contribution in [0.2, 0.25) is 0 Å². The summed E-state index contributed by atoms with van der Waals surface area (Å²) < 4.78 is 1.71. The molecule has 1 aromatic carbocycles. The van der Waals surface area contributed by atoms with Gasteiger partial charge in [-0.2, -0.15) is 5.10 Å². The van der Waals surface area contributed by atoms with Crippen molar-refractivity contribution in [3.8, 4) is 0 Å². The Balaban J connectivity index is 1.86. The van der Waals surface area contributed by atoms with Crippen molar-refractivity contribution in [1.82, 2.24) is 25.1 Å². The van der Waals surface area contributed by atoms with Gasteiger partial charge in [0.05, 0.1) is 6.54 Å². The molecule has 0 saturated carbocycles. The average molecular weight is 282 g/mol. The Morgan fingerprint density at radius 3 is 2.95 bits per heavy atom. The molecule has 7 heteroatoms. The van der Waals surface area contributed by atoms with Gasteiger partial charge in [0.25, 0.3) is 5.56 Å². The summed E-state index contributed by atoms with van der Waals surface area (Å²) in [5, 5.41) is 13.9. The lowest BCUT2D eigenvalue weighted by atomic mass is 10.3. The lowest BCUT2D eigenvalue weighted by Crippen LogP contribution is -2.37. The second-order valence-corrected chi connectivity index (χ2v) is 4.95. The van der Waals surface area contributed by atoms with Crippen LogP contribution >= 0.6 is 0 Å². The fourth-order valence-electron chi connectivity index (χ4n) is 2.56. The molecule has 0 fully saturated rings. The summed E-state index contributed by atoms with van der Waals surface area (Å²) in [5.74, 6) is 1.26. The highest BCUT2D eigenvalue weighted by atomic mass is 16.1. The molecule has 0 aliphatic carbocycles. The van der Waals surface area contributed by atoms with Crippen molar-refractivity contribution in [2.24, 2.45) is 0 Å². The summed E-state index contributed by atoms with van der Waals surface area (Å²) in [6, 6.07) is 9.64. The van der Waals surface area contributed by atoms with Crippen LogP contribution < -0.4 is 16.2 Å². The first-order valence-corrected chi connectivity index (χ1v) is 6.83. The van der Waals surface area contributed by atoms with Crippen LogP contribution in [0.5, 0.6) is 0 Å². The first-order chi connectivity index (χ1) is 10.3. The van der Waals surface area contributed by atoms with Crippen molar-refractivity contribution in [3.63, 3.8) is 0 Å². The Morgan fingerprint density at radius 2 is 2.10 bits per heavy atom. The number of anilines is 2. The van der Waals surface area contributed by atoms with E-state index in [1.165, 1.54) is 0 Å². The molecule has 0 bridgehead atoms. The number of hydrogen-bond acceptors (Lipinski definition) is 5. The van der Waals surface area contributed by atoms with Crippen LogP contribution in [0.4, 0.5) is 11.5 Å². The third-order valence-corrected chi connectivity index (χ3v) is 3.59. The summed E-state index contributed by atoms with van der Waals surface area (Å²) in [6.45, 7) is 2.01. The highest BCUT2D eigenvalue weighted by Crippen LogP contribution is 2.20. The molecular weight excluding hydrogens is 268 g/mol. The molecule has 0 atom stereocenters. The Kier molecular flexibility index (Phi) is 2.71. The normalized spacial score (nSPS) is 14.1. The second kappa shape index (κ2) is 4.71. The van der Waals surface area contributed by atoms with E-state index in [1.54, 1.807) is 4.57 Å². The number of benzene rings is 1. The molecule has 0 radical (unpaired) electrons. The van der Waals surface area contributed by atoms with E-state index in [4.69, 9.17) is 0 Å². The molecule has 21 heavy (non-hydrogen) atoms. The molecule has 0 spiro atoms. The number of aromatic amines is 1. The summed E-state index contributed by atoms with van der Waals surface area (Å²) in [6.07, 6.45) is 0. The third kappa shape index (κ3) is 1.98. The fraction of sp³-hybridized carbons (Fsp3) is 0.214. The number of rotatable bonds is 2. The van der Waals surface area contributed by atoms with E-state index in [-0.39, 0.29) is 5.56 Å². The van der Waals surface area contributed by atoms with Crippen LogP contribution in [-0.2, 0) is 13.1 Å². The van der Waals surface area contributed by atoms with Crippen LogP contribution in [0.15, 0.2) is 35.1 Å². The molecule has 1 aliphatic heterocycles. The molecule has 1 aliphatic rings. The van der Waals surface area contributed by atoms with Crippen molar-refractivity contribution in [2.75, 3.05) is 11.9 Å².